The average molecular weight is 242 g/mol. The molecule has 0 unspecified atom stereocenters. The zero-order chi connectivity index (χ0) is 6.53. The van der Waals surface area contributed by atoms with Gasteiger partial charge < -0.3 is 5.32 Å². The summed E-state index contributed by atoms with van der Waals surface area (Å²) in [5.74, 6) is 0. The number of halogens is 1. The molecule has 0 aromatic heterocycles. The van der Waals surface area contributed by atoms with Crippen LogP contribution in [-0.4, -0.2) is 29.5 Å². The van der Waals surface area contributed by atoms with E-state index < -0.39 is 0 Å². The first-order chi connectivity index (χ1) is 4.39. The Morgan fingerprint density at radius 2 is 2.33 bits per heavy atom. The zero-order valence-electron chi connectivity index (χ0n) is 5.27. The van der Waals surface area contributed by atoms with Crippen LogP contribution in [0.5, 0.6) is 0 Å². The molecule has 0 saturated carbocycles. The summed E-state index contributed by atoms with van der Waals surface area (Å²) >= 11 is 2.18. The topological polar surface area (TPSA) is 24.5 Å². The van der Waals surface area contributed by atoms with Gasteiger partial charge in [-0.05, 0) is 13.0 Å². The van der Waals surface area contributed by atoms with Crippen LogP contribution >= 0.6 is 22.9 Å². The van der Waals surface area contributed by atoms with Gasteiger partial charge in [0.05, 0.1) is 6.61 Å². The molecule has 0 amide bonds. The van der Waals surface area contributed by atoms with Crippen molar-refractivity contribution in [3.05, 3.63) is 0 Å². The molecule has 3 nitrogen and oxygen atoms in total. The lowest BCUT2D eigenvalue weighted by molar-refractivity contribution is -0.0597. The lowest BCUT2D eigenvalue weighted by atomic mass is 10.4. The summed E-state index contributed by atoms with van der Waals surface area (Å²) < 4.78 is 1.87. The van der Waals surface area contributed by atoms with E-state index in [9.17, 15) is 0 Å². The molecular formula is C5H11IN2O. The van der Waals surface area contributed by atoms with Crippen molar-refractivity contribution in [1.29, 1.82) is 0 Å². The van der Waals surface area contributed by atoms with E-state index in [0.29, 0.717) is 0 Å². The molecule has 1 rings (SSSR count). The molecule has 0 aromatic carbocycles. The van der Waals surface area contributed by atoms with E-state index in [1.807, 2.05) is 3.28 Å². The summed E-state index contributed by atoms with van der Waals surface area (Å²) in [7, 11) is 0. The minimum absolute atomic E-state index is 0.795. The van der Waals surface area contributed by atoms with Crippen molar-refractivity contribution in [1.82, 2.24) is 8.59 Å². The van der Waals surface area contributed by atoms with Crippen molar-refractivity contribution < 1.29 is 4.84 Å². The van der Waals surface area contributed by atoms with Crippen LogP contribution in [0.2, 0.25) is 0 Å². The Bertz CT molecular complexity index is 73.4. The first kappa shape index (κ1) is 7.71. The summed E-state index contributed by atoms with van der Waals surface area (Å²) in [6.45, 7) is 3.90. The molecule has 0 radical (unpaired) electrons. The van der Waals surface area contributed by atoms with E-state index in [0.717, 1.165) is 26.2 Å². The molecule has 1 aliphatic rings. The Balaban J connectivity index is 2.12. The zero-order valence-corrected chi connectivity index (χ0v) is 7.43. The van der Waals surface area contributed by atoms with E-state index in [-0.39, 0.29) is 0 Å². The fourth-order valence-electron chi connectivity index (χ4n) is 0.735. The molecule has 1 fully saturated rings. The summed E-state index contributed by atoms with van der Waals surface area (Å²) in [4.78, 5) is 5.24. The van der Waals surface area contributed by atoms with Crippen molar-refractivity contribution >= 4 is 22.9 Å². The van der Waals surface area contributed by atoms with Crippen molar-refractivity contribution in [2.24, 2.45) is 0 Å². The van der Waals surface area contributed by atoms with Crippen LogP contribution in [0.25, 0.3) is 0 Å². The van der Waals surface area contributed by atoms with Gasteiger partial charge in [-0.15, -0.1) is 3.28 Å². The number of hydrogen-bond donors (Lipinski definition) is 1. The van der Waals surface area contributed by atoms with Crippen LogP contribution in [0, 0.1) is 0 Å². The van der Waals surface area contributed by atoms with Gasteiger partial charge in [0, 0.05) is 36.0 Å². The standard InChI is InChI=1S/C5H11IN2O/c6-8-4-1-2-7-3-5-9-8/h7H,1-5H2. The second-order valence-corrected chi connectivity index (χ2v) is 3.05. The van der Waals surface area contributed by atoms with Gasteiger partial charge in [-0.25, -0.2) is 0 Å². The average Bonchev–Trinajstić information content (AvgIpc) is 1.79. The number of hydrogen-bond acceptors (Lipinski definition) is 3. The van der Waals surface area contributed by atoms with Crippen molar-refractivity contribution in [2.75, 3.05) is 26.2 Å². The van der Waals surface area contributed by atoms with Crippen LogP contribution in [-0.2, 0) is 4.84 Å². The highest BCUT2D eigenvalue weighted by Crippen LogP contribution is 2.01. The molecule has 0 bridgehead atoms. The molecule has 54 valence electrons. The highest BCUT2D eigenvalue weighted by molar-refractivity contribution is 14.1. The van der Waals surface area contributed by atoms with Gasteiger partial charge in [0.25, 0.3) is 0 Å². The molecule has 1 saturated heterocycles. The highest BCUT2D eigenvalue weighted by Gasteiger charge is 2.02. The van der Waals surface area contributed by atoms with Gasteiger partial charge in [0.1, 0.15) is 0 Å². The Hall–Kier alpha value is 0.610. The van der Waals surface area contributed by atoms with Gasteiger partial charge in [-0.1, -0.05) is 0 Å². The molecule has 4 heteroatoms. The molecule has 0 aromatic rings. The Kier molecular flexibility index (Phi) is 3.80. The molecule has 1 heterocycles. The van der Waals surface area contributed by atoms with E-state index >= 15 is 0 Å². The largest absolute Gasteiger partial charge is 0.314 e. The van der Waals surface area contributed by atoms with Crippen LogP contribution in [0.15, 0.2) is 0 Å². The van der Waals surface area contributed by atoms with Gasteiger partial charge >= 0.3 is 0 Å². The van der Waals surface area contributed by atoms with Gasteiger partial charge in [-0.2, -0.15) is 0 Å². The number of nitrogens with one attached hydrogen (secondary N) is 1. The first-order valence-corrected chi connectivity index (χ1v) is 4.13. The summed E-state index contributed by atoms with van der Waals surface area (Å²) in [6.07, 6.45) is 1.17. The van der Waals surface area contributed by atoms with Gasteiger partial charge in [0.2, 0.25) is 0 Å². The van der Waals surface area contributed by atoms with E-state index in [2.05, 4.69) is 28.2 Å². The number of rotatable bonds is 0. The Morgan fingerprint density at radius 1 is 1.44 bits per heavy atom. The summed E-state index contributed by atoms with van der Waals surface area (Å²) in [5.41, 5.74) is 0. The minimum Gasteiger partial charge on any atom is -0.314 e. The van der Waals surface area contributed by atoms with Crippen LogP contribution in [0.4, 0.5) is 0 Å². The van der Waals surface area contributed by atoms with E-state index in [1.54, 1.807) is 0 Å². The molecule has 0 atom stereocenters. The van der Waals surface area contributed by atoms with Crippen molar-refractivity contribution in [3.63, 3.8) is 0 Å². The quantitative estimate of drug-likeness (QED) is 0.496. The van der Waals surface area contributed by atoms with E-state index in [1.165, 1.54) is 6.42 Å². The second-order valence-electron chi connectivity index (χ2n) is 1.98. The minimum atomic E-state index is 0.795. The van der Waals surface area contributed by atoms with Crippen LogP contribution in [0.3, 0.4) is 0 Å². The predicted molar refractivity (Wildman–Crippen MR) is 44.2 cm³/mol. The maximum absolute atomic E-state index is 5.24. The van der Waals surface area contributed by atoms with Crippen molar-refractivity contribution in [2.45, 2.75) is 6.42 Å². The van der Waals surface area contributed by atoms with E-state index in [4.69, 9.17) is 4.84 Å². The lowest BCUT2D eigenvalue weighted by Crippen LogP contribution is -2.29. The molecule has 0 spiro atoms. The second kappa shape index (κ2) is 4.43. The van der Waals surface area contributed by atoms with Gasteiger partial charge in [-0.3, -0.25) is 4.84 Å². The third kappa shape index (κ3) is 3.34. The smallest absolute Gasteiger partial charge is 0.0819 e. The molecule has 0 aliphatic carbocycles. The lowest BCUT2D eigenvalue weighted by Gasteiger charge is -2.17. The third-order valence-corrected chi connectivity index (χ3v) is 1.96. The molecule has 1 aliphatic heterocycles. The fourth-order valence-corrected chi connectivity index (χ4v) is 1.27. The Labute approximate surface area is 69.2 Å². The SMILES string of the molecule is IN1CCCNCCO1. The van der Waals surface area contributed by atoms with Crippen LogP contribution in [0.1, 0.15) is 6.42 Å². The molecule has 1 N–H and O–H groups in total. The van der Waals surface area contributed by atoms with Crippen molar-refractivity contribution in [3.8, 4) is 0 Å². The molecular weight excluding hydrogens is 231 g/mol. The number of hydroxylamine groups is 1. The maximum Gasteiger partial charge on any atom is 0.0819 e. The normalized spacial score (nSPS) is 25.0. The third-order valence-electron chi connectivity index (χ3n) is 1.20. The maximum atomic E-state index is 5.24. The molecule has 9 heavy (non-hydrogen) atoms. The summed E-state index contributed by atoms with van der Waals surface area (Å²) in [6, 6.07) is 0. The summed E-state index contributed by atoms with van der Waals surface area (Å²) in [5, 5.41) is 3.25. The highest BCUT2D eigenvalue weighted by atomic mass is 127. The predicted octanol–water partition coefficient (Wildman–Crippen LogP) is 0.563. The number of nitrogens with zero attached hydrogens (tertiary/aromatic N) is 1. The van der Waals surface area contributed by atoms with Gasteiger partial charge in [0.15, 0.2) is 0 Å². The fraction of sp³-hybridized carbons (Fsp3) is 1.00. The first-order valence-electron chi connectivity index (χ1n) is 3.16. The monoisotopic (exact) mass is 242 g/mol. The van der Waals surface area contributed by atoms with Crippen LogP contribution < -0.4 is 5.32 Å². The Morgan fingerprint density at radius 3 is 3.22 bits per heavy atom.